The van der Waals surface area contributed by atoms with Crippen LogP contribution in [0.5, 0.6) is 0 Å². The molecule has 1 heterocycles. The van der Waals surface area contributed by atoms with Crippen molar-refractivity contribution in [2.75, 3.05) is 13.1 Å². The highest BCUT2D eigenvalue weighted by Gasteiger charge is 2.29. The van der Waals surface area contributed by atoms with Gasteiger partial charge in [-0.3, -0.25) is 4.90 Å². The van der Waals surface area contributed by atoms with Gasteiger partial charge in [0.25, 0.3) is 0 Å². The first-order valence-electron chi connectivity index (χ1n) is 9.63. The maximum Gasteiger partial charge on any atom is 0.315 e. The molecule has 4 atom stereocenters. The quantitative estimate of drug-likeness (QED) is 0.786. The lowest BCUT2D eigenvalue weighted by Crippen LogP contribution is -2.55. The number of hydrogen-bond acceptors (Lipinski definition) is 3. The van der Waals surface area contributed by atoms with E-state index in [4.69, 9.17) is 0 Å². The standard InChI is InChI=1S/C20H31N3O2/c1-15-13-23(14-16-7-3-2-4-8-16)12-11-17(15)21-20(25)22-18-9-5-6-10-19(18)24/h2-4,7-8,15,17-19,24H,5-6,9-14H2,1H3,(H2,21,22,25)/t15-,17+,18-,19-/m1/s1. The maximum absolute atomic E-state index is 12.3. The van der Waals surface area contributed by atoms with Crippen LogP contribution in [0.25, 0.3) is 0 Å². The molecule has 1 saturated heterocycles. The van der Waals surface area contributed by atoms with Crippen molar-refractivity contribution in [2.24, 2.45) is 5.92 Å². The summed E-state index contributed by atoms with van der Waals surface area (Å²) in [5, 5.41) is 16.1. The number of urea groups is 1. The highest BCUT2D eigenvalue weighted by molar-refractivity contribution is 5.74. The fraction of sp³-hybridized carbons (Fsp3) is 0.650. The van der Waals surface area contributed by atoms with Crippen LogP contribution in [-0.2, 0) is 6.54 Å². The molecule has 1 aromatic carbocycles. The van der Waals surface area contributed by atoms with Crippen LogP contribution >= 0.6 is 0 Å². The van der Waals surface area contributed by atoms with Crippen LogP contribution in [0.2, 0.25) is 0 Å². The SMILES string of the molecule is C[C@@H]1CN(Cc2ccccc2)CC[C@@H]1NC(=O)N[C@@H]1CCCC[C@H]1O. The van der Waals surface area contributed by atoms with Crippen LogP contribution < -0.4 is 10.6 Å². The van der Waals surface area contributed by atoms with E-state index in [0.29, 0.717) is 5.92 Å². The molecule has 138 valence electrons. The fourth-order valence-corrected chi connectivity index (χ4v) is 4.09. The van der Waals surface area contributed by atoms with Gasteiger partial charge < -0.3 is 15.7 Å². The van der Waals surface area contributed by atoms with Gasteiger partial charge in [0.15, 0.2) is 0 Å². The van der Waals surface area contributed by atoms with Gasteiger partial charge in [-0.25, -0.2) is 4.79 Å². The topological polar surface area (TPSA) is 64.6 Å². The molecule has 3 rings (SSSR count). The Balaban J connectivity index is 1.44. The second-order valence-electron chi connectivity index (χ2n) is 7.67. The number of nitrogens with zero attached hydrogens (tertiary/aromatic N) is 1. The third kappa shape index (κ3) is 5.19. The molecule has 2 amide bonds. The van der Waals surface area contributed by atoms with Gasteiger partial charge in [0.2, 0.25) is 0 Å². The van der Waals surface area contributed by atoms with Gasteiger partial charge in [-0.1, -0.05) is 50.1 Å². The van der Waals surface area contributed by atoms with E-state index >= 15 is 0 Å². The van der Waals surface area contributed by atoms with Gasteiger partial charge in [0.05, 0.1) is 12.1 Å². The van der Waals surface area contributed by atoms with E-state index in [1.165, 1.54) is 5.56 Å². The number of rotatable bonds is 4. The zero-order valence-electron chi connectivity index (χ0n) is 15.2. The minimum Gasteiger partial charge on any atom is -0.391 e. The highest BCUT2D eigenvalue weighted by atomic mass is 16.3. The molecule has 0 spiro atoms. The molecule has 5 nitrogen and oxygen atoms in total. The average Bonchev–Trinajstić information content (AvgIpc) is 2.60. The van der Waals surface area contributed by atoms with Gasteiger partial charge in [0, 0.05) is 25.7 Å². The first kappa shape index (κ1) is 18.2. The van der Waals surface area contributed by atoms with E-state index in [0.717, 1.165) is 51.7 Å². The van der Waals surface area contributed by atoms with Crippen LogP contribution in [0.15, 0.2) is 30.3 Å². The predicted molar refractivity (Wildman–Crippen MR) is 99.2 cm³/mol. The van der Waals surface area contributed by atoms with Crippen molar-refractivity contribution < 1.29 is 9.90 Å². The minimum atomic E-state index is -0.398. The Morgan fingerprint density at radius 3 is 2.56 bits per heavy atom. The number of carbonyl (C=O) groups is 1. The lowest BCUT2D eigenvalue weighted by atomic mass is 9.92. The number of carbonyl (C=O) groups excluding carboxylic acids is 1. The fourth-order valence-electron chi connectivity index (χ4n) is 4.09. The Morgan fingerprint density at radius 1 is 1.12 bits per heavy atom. The first-order chi connectivity index (χ1) is 12.1. The van der Waals surface area contributed by atoms with Gasteiger partial charge >= 0.3 is 6.03 Å². The van der Waals surface area contributed by atoms with Crippen molar-refractivity contribution in [1.82, 2.24) is 15.5 Å². The summed E-state index contributed by atoms with van der Waals surface area (Å²) in [4.78, 5) is 14.8. The summed E-state index contributed by atoms with van der Waals surface area (Å²) in [7, 11) is 0. The van der Waals surface area contributed by atoms with Crippen molar-refractivity contribution in [3.8, 4) is 0 Å². The lowest BCUT2D eigenvalue weighted by Gasteiger charge is -2.38. The third-order valence-corrected chi connectivity index (χ3v) is 5.60. The Hall–Kier alpha value is -1.59. The smallest absolute Gasteiger partial charge is 0.315 e. The summed E-state index contributed by atoms with van der Waals surface area (Å²) in [6.07, 6.45) is 4.37. The summed E-state index contributed by atoms with van der Waals surface area (Å²) in [5.74, 6) is 0.416. The molecule has 0 radical (unpaired) electrons. The van der Waals surface area contributed by atoms with Crippen molar-refractivity contribution >= 4 is 6.03 Å². The van der Waals surface area contributed by atoms with E-state index in [-0.39, 0.29) is 18.1 Å². The zero-order valence-corrected chi connectivity index (χ0v) is 15.2. The molecule has 25 heavy (non-hydrogen) atoms. The van der Waals surface area contributed by atoms with Crippen molar-refractivity contribution in [3.05, 3.63) is 35.9 Å². The summed E-state index contributed by atoms with van der Waals surface area (Å²) < 4.78 is 0. The van der Waals surface area contributed by atoms with Gasteiger partial charge in [-0.2, -0.15) is 0 Å². The Bertz CT molecular complexity index is 551. The molecule has 1 aromatic rings. The molecule has 3 N–H and O–H groups in total. The van der Waals surface area contributed by atoms with Crippen LogP contribution in [0, 0.1) is 5.92 Å². The minimum absolute atomic E-state index is 0.0952. The molecule has 1 aliphatic heterocycles. The van der Waals surface area contributed by atoms with E-state index in [1.54, 1.807) is 0 Å². The molecule has 0 bridgehead atoms. The molecule has 5 heteroatoms. The van der Waals surface area contributed by atoms with Crippen LogP contribution in [0.3, 0.4) is 0 Å². The zero-order chi connectivity index (χ0) is 17.6. The molecular weight excluding hydrogens is 314 g/mol. The average molecular weight is 345 g/mol. The number of aliphatic hydroxyl groups is 1. The summed E-state index contributed by atoms with van der Waals surface area (Å²) in [6.45, 7) is 5.16. The second kappa shape index (κ2) is 8.68. The number of hydrogen-bond donors (Lipinski definition) is 3. The van der Waals surface area contributed by atoms with Gasteiger partial charge in [-0.15, -0.1) is 0 Å². The van der Waals surface area contributed by atoms with E-state index in [1.807, 2.05) is 6.07 Å². The van der Waals surface area contributed by atoms with Gasteiger partial charge in [0.1, 0.15) is 0 Å². The Morgan fingerprint density at radius 2 is 1.84 bits per heavy atom. The molecule has 1 saturated carbocycles. The molecule has 2 fully saturated rings. The number of likely N-dealkylation sites (tertiary alicyclic amines) is 1. The maximum atomic E-state index is 12.3. The van der Waals surface area contributed by atoms with Crippen molar-refractivity contribution in [1.29, 1.82) is 0 Å². The molecule has 0 unspecified atom stereocenters. The number of aliphatic hydroxyl groups excluding tert-OH is 1. The van der Waals surface area contributed by atoms with Crippen LogP contribution in [0.1, 0.15) is 44.6 Å². The van der Waals surface area contributed by atoms with Crippen molar-refractivity contribution in [3.63, 3.8) is 0 Å². The second-order valence-corrected chi connectivity index (χ2v) is 7.67. The van der Waals surface area contributed by atoms with Crippen molar-refractivity contribution in [2.45, 2.75) is 63.8 Å². The lowest BCUT2D eigenvalue weighted by molar-refractivity contribution is 0.0922. The highest BCUT2D eigenvalue weighted by Crippen LogP contribution is 2.20. The molecule has 0 aromatic heterocycles. The van der Waals surface area contributed by atoms with Crippen LogP contribution in [0.4, 0.5) is 4.79 Å². The summed E-state index contributed by atoms with van der Waals surface area (Å²) in [6, 6.07) is 10.5. The third-order valence-electron chi connectivity index (χ3n) is 5.60. The molecule has 1 aliphatic carbocycles. The first-order valence-corrected chi connectivity index (χ1v) is 9.63. The number of nitrogens with one attached hydrogen (secondary N) is 2. The Kier molecular flexibility index (Phi) is 6.32. The van der Waals surface area contributed by atoms with Gasteiger partial charge in [-0.05, 0) is 30.7 Å². The molecular formula is C20H31N3O2. The van der Waals surface area contributed by atoms with E-state index < -0.39 is 6.10 Å². The summed E-state index contributed by atoms with van der Waals surface area (Å²) in [5.41, 5.74) is 1.34. The van der Waals surface area contributed by atoms with E-state index in [9.17, 15) is 9.90 Å². The predicted octanol–water partition coefficient (Wildman–Crippen LogP) is 2.50. The number of amides is 2. The summed E-state index contributed by atoms with van der Waals surface area (Å²) >= 11 is 0. The molecule has 2 aliphatic rings. The largest absolute Gasteiger partial charge is 0.391 e. The number of benzene rings is 1. The number of piperidine rings is 1. The normalized spacial score (nSPS) is 30.6. The monoisotopic (exact) mass is 345 g/mol. The Labute approximate surface area is 150 Å². The van der Waals surface area contributed by atoms with E-state index in [2.05, 4.69) is 46.7 Å². The van der Waals surface area contributed by atoms with Crippen LogP contribution in [-0.4, -0.2) is 47.3 Å².